The molecule has 34 heavy (non-hydrogen) atoms. The number of ether oxygens (including phenoxy) is 1. The van der Waals surface area contributed by atoms with E-state index in [-0.39, 0.29) is 22.3 Å². The minimum atomic E-state index is -2.55. The predicted molar refractivity (Wildman–Crippen MR) is 120 cm³/mol. The molecule has 0 N–H and O–H groups in total. The molecule has 0 spiro atoms. The van der Waals surface area contributed by atoms with E-state index in [4.69, 9.17) is 4.74 Å². The van der Waals surface area contributed by atoms with Crippen LogP contribution in [0.5, 0.6) is 5.75 Å². The van der Waals surface area contributed by atoms with E-state index >= 15 is 4.39 Å². The molecule has 0 fully saturated rings. The fourth-order valence-electron chi connectivity index (χ4n) is 3.46. The van der Waals surface area contributed by atoms with Gasteiger partial charge in [-0.05, 0) is 23.3 Å². The molecule has 4 rings (SSSR count). The van der Waals surface area contributed by atoms with Crippen LogP contribution in [-0.2, 0) is 5.85 Å². The SMILES string of the molecule is CC(F)(Oc1cc(F)c(F)c(F)c1)c1ccc(-c2ccc(-c3ccc(S)cc3)c(F)c2F)cc1. The lowest BCUT2D eigenvalue weighted by molar-refractivity contribution is -0.0509. The van der Waals surface area contributed by atoms with Crippen molar-refractivity contribution in [2.24, 2.45) is 0 Å². The summed E-state index contributed by atoms with van der Waals surface area (Å²) in [5.74, 6) is -9.96. The van der Waals surface area contributed by atoms with E-state index in [0.717, 1.165) is 6.92 Å². The van der Waals surface area contributed by atoms with Gasteiger partial charge in [0.1, 0.15) is 5.75 Å². The van der Waals surface area contributed by atoms with Crippen molar-refractivity contribution >= 4 is 12.6 Å². The molecule has 0 heterocycles. The molecule has 0 saturated heterocycles. The Labute approximate surface area is 197 Å². The summed E-state index contributed by atoms with van der Waals surface area (Å²) in [5, 5.41) is 0. The zero-order valence-electron chi connectivity index (χ0n) is 17.6. The highest BCUT2D eigenvalue weighted by atomic mass is 32.1. The van der Waals surface area contributed by atoms with Gasteiger partial charge in [-0.25, -0.2) is 22.0 Å². The van der Waals surface area contributed by atoms with Gasteiger partial charge in [0.15, 0.2) is 29.1 Å². The molecule has 4 aromatic rings. The number of halogens is 6. The zero-order valence-corrected chi connectivity index (χ0v) is 18.4. The Kier molecular flexibility index (Phi) is 6.36. The molecule has 0 aromatic heterocycles. The van der Waals surface area contributed by atoms with Crippen LogP contribution in [0.4, 0.5) is 26.3 Å². The van der Waals surface area contributed by atoms with E-state index in [1.165, 1.54) is 36.4 Å². The maximum atomic E-state index is 15.1. The minimum absolute atomic E-state index is 0.0391. The van der Waals surface area contributed by atoms with Gasteiger partial charge >= 0.3 is 0 Å². The van der Waals surface area contributed by atoms with Gasteiger partial charge in [-0.15, -0.1) is 12.6 Å². The molecule has 0 aliphatic rings. The molecule has 0 bridgehead atoms. The molecule has 1 nitrogen and oxygen atoms in total. The highest BCUT2D eigenvalue weighted by Gasteiger charge is 2.29. The summed E-state index contributed by atoms with van der Waals surface area (Å²) in [7, 11) is 0. The summed E-state index contributed by atoms with van der Waals surface area (Å²) in [6, 6.07) is 15.7. The van der Waals surface area contributed by atoms with Crippen molar-refractivity contribution in [3.63, 3.8) is 0 Å². The molecule has 1 unspecified atom stereocenters. The molecule has 8 heteroatoms. The molecule has 4 aromatic carbocycles. The largest absolute Gasteiger partial charge is 0.454 e. The van der Waals surface area contributed by atoms with Crippen LogP contribution >= 0.6 is 12.6 Å². The maximum Gasteiger partial charge on any atom is 0.271 e. The van der Waals surface area contributed by atoms with Crippen LogP contribution < -0.4 is 4.74 Å². The highest BCUT2D eigenvalue weighted by molar-refractivity contribution is 7.80. The van der Waals surface area contributed by atoms with Crippen LogP contribution in [0.2, 0.25) is 0 Å². The Morgan fingerprint density at radius 2 is 1.09 bits per heavy atom. The average molecular weight is 490 g/mol. The van der Waals surface area contributed by atoms with E-state index in [1.54, 1.807) is 24.3 Å². The first-order chi connectivity index (χ1) is 16.1. The normalized spacial score (nSPS) is 12.9. The van der Waals surface area contributed by atoms with Gasteiger partial charge in [-0.1, -0.05) is 48.5 Å². The van der Waals surface area contributed by atoms with Crippen molar-refractivity contribution in [3.8, 4) is 28.0 Å². The molecule has 0 saturated carbocycles. The molecule has 1 atom stereocenters. The topological polar surface area (TPSA) is 9.23 Å². The summed E-state index contributed by atoms with van der Waals surface area (Å²) in [5.41, 5.74) is 0.727. The van der Waals surface area contributed by atoms with Gasteiger partial charge in [0, 0.05) is 40.6 Å². The van der Waals surface area contributed by atoms with E-state index < -0.39 is 40.7 Å². The monoisotopic (exact) mass is 490 g/mol. The second-order valence-electron chi connectivity index (χ2n) is 7.63. The van der Waals surface area contributed by atoms with E-state index in [0.29, 0.717) is 22.6 Å². The Morgan fingerprint density at radius 3 is 1.56 bits per heavy atom. The van der Waals surface area contributed by atoms with Crippen LogP contribution in [-0.4, -0.2) is 0 Å². The Morgan fingerprint density at radius 1 is 0.647 bits per heavy atom. The molecular weight excluding hydrogens is 474 g/mol. The summed E-state index contributed by atoms with van der Waals surface area (Å²) in [6.45, 7) is 0.992. The highest BCUT2D eigenvalue weighted by Crippen LogP contribution is 2.35. The van der Waals surface area contributed by atoms with E-state index in [9.17, 15) is 22.0 Å². The fraction of sp³-hybridized carbons (Fsp3) is 0.0769. The maximum absolute atomic E-state index is 15.1. The average Bonchev–Trinajstić information content (AvgIpc) is 2.80. The second kappa shape index (κ2) is 9.10. The number of hydrogen-bond acceptors (Lipinski definition) is 2. The third-order valence-corrected chi connectivity index (χ3v) is 5.54. The van der Waals surface area contributed by atoms with Crippen molar-refractivity contribution in [2.45, 2.75) is 17.7 Å². The number of rotatable bonds is 5. The van der Waals surface area contributed by atoms with Gasteiger partial charge in [0.05, 0.1) is 0 Å². The second-order valence-corrected chi connectivity index (χ2v) is 8.15. The van der Waals surface area contributed by atoms with Gasteiger partial charge in [-0.2, -0.15) is 4.39 Å². The molecule has 0 aliphatic carbocycles. The minimum Gasteiger partial charge on any atom is -0.454 e. The molecule has 0 amide bonds. The number of thiol groups is 1. The third kappa shape index (κ3) is 4.63. The zero-order chi connectivity index (χ0) is 24.6. The summed E-state index contributed by atoms with van der Waals surface area (Å²) >= 11 is 4.17. The predicted octanol–water partition coefficient (Wildman–Crippen LogP) is 8.23. The van der Waals surface area contributed by atoms with Crippen molar-refractivity contribution in [2.75, 3.05) is 0 Å². The number of alkyl halides is 1. The Bertz CT molecular complexity index is 1330. The molecule has 174 valence electrons. The smallest absolute Gasteiger partial charge is 0.271 e. The van der Waals surface area contributed by atoms with E-state index in [2.05, 4.69) is 12.6 Å². The van der Waals surface area contributed by atoms with Gasteiger partial charge in [0.2, 0.25) is 0 Å². The molecule has 0 radical (unpaired) electrons. The third-order valence-electron chi connectivity index (χ3n) is 5.24. The summed E-state index contributed by atoms with van der Waals surface area (Å²) in [6.07, 6.45) is 0. The van der Waals surface area contributed by atoms with Crippen LogP contribution in [0.3, 0.4) is 0 Å². The standard InChI is InChI=1S/C26H16F6OS/c1-26(32,33-17-12-21(27)25(31)22(28)13-17)16-6-2-14(3-7-16)19-10-11-20(24(30)23(19)29)15-4-8-18(34)9-5-15/h2-13,34H,1H3. The first-order valence-electron chi connectivity index (χ1n) is 9.97. The van der Waals surface area contributed by atoms with Gasteiger partial charge in [-0.3, -0.25) is 0 Å². The Hall–Kier alpha value is -3.39. The lowest BCUT2D eigenvalue weighted by Gasteiger charge is -2.23. The lowest BCUT2D eigenvalue weighted by Crippen LogP contribution is -2.23. The van der Waals surface area contributed by atoms with Crippen molar-refractivity contribution in [1.82, 2.24) is 0 Å². The number of benzene rings is 4. The van der Waals surface area contributed by atoms with Crippen molar-refractivity contribution in [1.29, 1.82) is 0 Å². The van der Waals surface area contributed by atoms with Crippen LogP contribution in [0, 0.1) is 29.1 Å². The fourth-order valence-corrected chi connectivity index (χ4v) is 3.60. The summed E-state index contributed by atoms with van der Waals surface area (Å²) < 4.78 is 89.7. The van der Waals surface area contributed by atoms with Crippen LogP contribution in [0.25, 0.3) is 22.3 Å². The van der Waals surface area contributed by atoms with Crippen molar-refractivity contribution in [3.05, 3.63) is 107 Å². The van der Waals surface area contributed by atoms with Crippen molar-refractivity contribution < 1.29 is 31.1 Å². The van der Waals surface area contributed by atoms with Gasteiger partial charge < -0.3 is 4.74 Å². The summed E-state index contributed by atoms with van der Waals surface area (Å²) in [4.78, 5) is 0.680. The Balaban J connectivity index is 1.61. The lowest BCUT2D eigenvalue weighted by atomic mass is 9.97. The first-order valence-corrected chi connectivity index (χ1v) is 10.4. The van der Waals surface area contributed by atoms with Gasteiger partial charge in [0.25, 0.3) is 5.85 Å². The van der Waals surface area contributed by atoms with E-state index in [1.807, 2.05) is 0 Å². The molecular formula is C26H16F6OS. The van der Waals surface area contributed by atoms with Crippen LogP contribution in [0.15, 0.2) is 77.7 Å². The quantitative estimate of drug-likeness (QED) is 0.168. The molecule has 0 aliphatic heterocycles. The van der Waals surface area contributed by atoms with Crippen LogP contribution in [0.1, 0.15) is 12.5 Å². The first kappa shape index (κ1) is 23.8. The number of hydrogen-bond donors (Lipinski definition) is 1.